The molecule has 1 aliphatic heterocycles. The molecule has 6 heteroatoms. The third kappa shape index (κ3) is 3.28. The van der Waals surface area contributed by atoms with Crippen LogP contribution in [0, 0.1) is 11.8 Å². The molecular weight excluding hydrogens is 336 g/mol. The highest BCUT2D eigenvalue weighted by molar-refractivity contribution is 7.17. The summed E-state index contributed by atoms with van der Waals surface area (Å²) in [5.74, 6) is 0.783. The van der Waals surface area contributed by atoms with E-state index < -0.39 is 0 Å². The first kappa shape index (κ1) is 16.5. The number of fused-ring (bicyclic) bond motifs is 1. The molecule has 1 aliphatic carbocycles. The first-order valence-corrected chi connectivity index (χ1v) is 9.66. The van der Waals surface area contributed by atoms with Gasteiger partial charge in [0.15, 0.2) is 0 Å². The van der Waals surface area contributed by atoms with Gasteiger partial charge in [0.2, 0.25) is 5.91 Å². The van der Waals surface area contributed by atoms with Gasteiger partial charge in [-0.25, -0.2) is 0 Å². The number of benzene rings is 1. The van der Waals surface area contributed by atoms with Crippen molar-refractivity contribution >= 4 is 33.2 Å². The van der Waals surface area contributed by atoms with E-state index in [1.165, 1.54) is 0 Å². The van der Waals surface area contributed by atoms with Crippen LogP contribution >= 0.6 is 11.3 Å². The summed E-state index contributed by atoms with van der Waals surface area (Å²) in [7, 11) is 0. The third-order valence-corrected chi connectivity index (χ3v) is 6.12. The summed E-state index contributed by atoms with van der Waals surface area (Å²) in [5, 5.41) is 5.87. The second-order valence-corrected chi connectivity index (χ2v) is 7.85. The van der Waals surface area contributed by atoms with E-state index in [9.17, 15) is 9.59 Å². The Bertz CT molecular complexity index is 803. The van der Waals surface area contributed by atoms with E-state index in [0.717, 1.165) is 16.5 Å². The first-order chi connectivity index (χ1) is 12.1. The van der Waals surface area contributed by atoms with Gasteiger partial charge in [-0.3, -0.25) is 9.59 Å². The Morgan fingerprint density at radius 1 is 1.36 bits per heavy atom. The van der Waals surface area contributed by atoms with E-state index in [2.05, 4.69) is 12.2 Å². The lowest BCUT2D eigenvalue weighted by molar-refractivity contribution is -0.141. The quantitative estimate of drug-likeness (QED) is 0.914. The maximum Gasteiger partial charge on any atom is 0.252 e. The van der Waals surface area contributed by atoms with Gasteiger partial charge in [-0.1, -0.05) is 25.1 Å². The Kier molecular flexibility index (Phi) is 4.48. The molecule has 5 nitrogen and oxygen atoms in total. The summed E-state index contributed by atoms with van der Waals surface area (Å²) in [6.45, 7) is 4.21. The summed E-state index contributed by atoms with van der Waals surface area (Å²) in [6, 6.07) is 7.82. The number of carbonyl (C=O) groups is 2. The van der Waals surface area contributed by atoms with Crippen LogP contribution in [-0.2, 0) is 9.53 Å². The van der Waals surface area contributed by atoms with E-state index in [1.807, 2.05) is 34.5 Å². The minimum atomic E-state index is -0.0878. The maximum atomic E-state index is 12.6. The average Bonchev–Trinajstić information content (AvgIpc) is 3.21. The molecule has 2 aromatic rings. The highest BCUT2D eigenvalue weighted by Gasteiger charge is 2.43. The molecule has 2 aliphatic rings. The van der Waals surface area contributed by atoms with Gasteiger partial charge in [0.1, 0.15) is 0 Å². The van der Waals surface area contributed by atoms with Gasteiger partial charge in [-0.2, -0.15) is 0 Å². The number of morpholine rings is 1. The Labute approximate surface area is 151 Å². The van der Waals surface area contributed by atoms with Crippen LogP contribution in [-0.4, -0.2) is 49.1 Å². The molecule has 0 radical (unpaired) electrons. The van der Waals surface area contributed by atoms with Crippen molar-refractivity contribution in [1.82, 2.24) is 10.2 Å². The van der Waals surface area contributed by atoms with E-state index in [0.29, 0.717) is 37.8 Å². The molecule has 1 aromatic carbocycles. The van der Waals surface area contributed by atoms with E-state index in [-0.39, 0.29) is 23.8 Å². The van der Waals surface area contributed by atoms with Crippen LogP contribution in [0.3, 0.4) is 0 Å². The van der Waals surface area contributed by atoms with Crippen molar-refractivity contribution in [3.8, 4) is 0 Å². The molecule has 2 amide bonds. The van der Waals surface area contributed by atoms with E-state index in [1.54, 1.807) is 11.3 Å². The van der Waals surface area contributed by atoms with Crippen molar-refractivity contribution in [2.75, 3.05) is 26.3 Å². The molecule has 132 valence electrons. The number of thiophene rings is 1. The van der Waals surface area contributed by atoms with Crippen LogP contribution in [0.1, 0.15) is 23.7 Å². The molecule has 2 heterocycles. The Balaban J connectivity index is 1.42. The van der Waals surface area contributed by atoms with Crippen molar-refractivity contribution in [2.45, 2.75) is 19.4 Å². The molecule has 1 saturated heterocycles. The van der Waals surface area contributed by atoms with Crippen molar-refractivity contribution in [3.63, 3.8) is 0 Å². The smallest absolute Gasteiger partial charge is 0.252 e. The van der Waals surface area contributed by atoms with Gasteiger partial charge >= 0.3 is 0 Å². The minimum absolute atomic E-state index is 0.0806. The molecule has 0 spiro atoms. The monoisotopic (exact) mass is 358 g/mol. The van der Waals surface area contributed by atoms with Gasteiger partial charge in [0.05, 0.1) is 24.8 Å². The van der Waals surface area contributed by atoms with Crippen LogP contribution in [0.2, 0.25) is 0 Å². The van der Waals surface area contributed by atoms with Gasteiger partial charge < -0.3 is 15.0 Å². The van der Waals surface area contributed by atoms with Crippen molar-refractivity contribution in [3.05, 3.63) is 35.2 Å². The molecule has 4 rings (SSSR count). The molecule has 1 saturated carbocycles. The summed E-state index contributed by atoms with van der Waals surface area (Å²) >= 11 is 1.57. The van der Waals surface area contributed by atoms with Crippen molar-refractivity contribution in [1.29, 1.82) is 0 Å². The normalized spacial score (nSPS) is 25.8. The number of amides is 2. The predicted molar refractivity (Wildman–Crippen MR) is 97.7 cm³/mol. The number of nitrogens with zero attached hydrogens (tertiary/aromatic N) is 1. The SMILES string of the molecule is CC1CC1C(=O)N1CCOCC1CNC(=O)c1csc2ccccc12. The Morgan fingerprint density at radius 2 is 2.16 bits per heavy atom. The highest BCUT2D eigenvalue weighted by atomic mass is 32.1. The Hall–Kier alpha value is -1.92. The van der Waals surface area contributed by atoms with Gasteiger partial charge in [0.25, 0.3) is 5.91 Å². The largest absolute Gasteiger partial charge is 0.377 e. The van der Waals surface area contributed by atoms with Gasteiger partial charge in [-0.15, -0.1) is 11.3 Å². The van der Waals surface area contributed by atoms with Crippen molar-refractivity contribution in [2.24, 2.45) is 11.8 Å². The zero-order valence-corrected chi connectivity index (χ0v) is 15.1. The molecule has 2 fully saturated rings. The fraction of sp³-hybridized carbons (Fsp3) is 0.474. The zero-order valence-electron chi connectivity index (χ0n) is 14.2. The van der Waals surface area contributed by atoms with E-state index in [4.69, 9.17) is 4.74 Å². The van der Waals surface area contributed by atoms with Crippen LogP contribution in [0.4, 0.5) is 0 Å². The van der Waals surface area contributed by atoms with Gasteiger partial charge in [0, 0.05) is 34.5 Å². The maximum absolute atomic E-state index is 12.6. The molecule has 0 bridgehead atoms. The Morgan fingerprint density at radius 3 is 2.96 bits per heavy atom. The van der Waals surface area contributed by atoms with Crippen LogP contribution < -0.4 is 5.32 Å². The topological polar surface area (TPSA) is 58.6 Å². The third-order valence-electron chi connectivity index (χ3n) is 5.16. The fourth-order valence-corrected chi connectivity index (χ4v) is 4.39. The highest BCUT2D eigenvalue weighted by Crippen LogP contribution is 2.39. The molecule has 3 atom stereocenters. The minimum Gasteiger partial charge on any atom is -0.377 e. The molecule has 25 heavy (non-hydrogen) atoms. The number of hydrogen-bond acceptors (Lipinski definition) is 4. The van der Waals surface area contributed by atoms with E-state index >= 15 is 0 Å². The summed E-state index contributed by atoms with van der Waals surface area (Å²) < 4.78 is 6.64. The molecular formula is C19H22N2O3S. The van der Waals surface area contributed by atoms with Crippen LogP contribution in [0.15, 0.2) is 29.6 Å². The predicted octanol–water partition coefficient (Wildman–Crippen LogP) is 2.51. The van der Waals surface area contributed by atoms with Gasteiger partial charge in [-0.05, 0) is 18.4 Å². The summed E-state index contributed by atoms with van der Waals surface area (Å²) in [6.07, 6.45) is 0.982. The number of nitrogens with one attached hydrogen (secondary N) is 1. The lowest BCUT2D eigenvalue weighted by Gasteiger charge is -2.36. The summed E-state index contributed by atoms with van der Waals surface area (Å²) in [5.41, 5.74) is 0.700. The number of ether oxygens (including phenoxy) is 1. The standard InChI is InChI=1S/C19H22N2O3S/c1-12-8-15(12)19(23)21-6-7-24-10-13(21)9-20-18(22)16-11-25-17-5-3-2-4-14(16)17/h2-5,11-13,15H,6-10H2,1H3,(H,20,22). The zero-order chi connectivity index (χ0) is 17.4. The lowest BCUT2D eigenvalue weighted by Crippen LogP contribution is -2.54. The van der Waals surface area contributed by atoms with Crippen LogP contribution in [0.5, 0.6) is 0 Å². The average molecular weight is 358 g/mol. The summed E-state index contributed by atoms with van der Waals surface area (Å²) in [4.78, 5) is 27.1. The number of rotatable bonds is 4. The fourth-order valence-electron chi connectivity index (χ4n) is 3.45. The van der Waals surface area contributed by atoms with Crippen molar-refractivity contribution < 1.29 is 14.3 Å². The first-order valence-electron chi connectivity index (χ1n) is 8.78. The lowest BCUT2D eigenvalue weighted by atomic mass is 10.1. The molecule has 1 aromatic heterocycles. The number of hydrogen-bond donors (Lipinski definition) is 1. The molecule has 1 N–H and O–H groups in total. The number of carbonyl (C=O) groups excluding carboxylic acids is 2. The van der Waals surface area contributed by atoms with Crippen LogP contribution in [0.25, 0.3) is 10.1 Å². The molecule has 3 unspecified atom stereocenters. The second-order valence-electron chi connectivity index (χ2n) is 6.94. The second kappa shape index (κ2) is 6.77.